The molecule has 150 valence electrons. The number of aliphatic hydroxyl groups is 1. The monoisotopic (exact) mass is 399 g/mol. The van der Waals surface area contributed by atoms with Crippen molar-refractivity contribution in [1.29, 1.82) is 0 Å². The first-order valence-corrected chi connectivity index (χ1v) is 9.62. The molecule has 30 heavy (non-hydrogen) atoms. The van der Waals surface area contributed by atoms with Gasteiger partial charge in [-0.2, -0.15) is 0 Å². The van der Waals surface area contributed by atoms with Crippen molar-refractivity contribution in [3.8, 4) is 11.1 Å². The number of rotatable bonds is 5. The molecular formula is C25H21NO4. The molecule has 0 saturated heterocycles. The molecule has 0 fully saturated rings. The molecule has 1 heterocycles. The number of ether oxygens (including phenoxy) is 1. The van der Waals surface area contributed by atoms with Crippen LogP contribution in [0.4, 0.5) is 0 Å². The fourth-order valence-electron chi connectivity index (χ4n) is 3.72. The Hall–Kier alpha value is -3.70. The van der Waals surface area contributed by atoms with Crippen LogP contribution in [0, 0.1) is 0 Å². The van der Waals surface area contributed by atoms with Gasteiger partial charge in [-0.05, 0) is 34.2 Å². The van der Waals surface area contributed by atoms with Crippen molar-refractivity contribution < 1.29 is 14.6 Å². The molecule has 0 unspecified atom stereocenters. The van der Waals surface area contributed by atoms with Crippen molar-refractivity contribution in [3.63, 3.8) is 0 Å². The number of aliphatic hydroxyl groups excluding tert-OH is 1. The Balaban J connectivity index is 2.14. The molecule has 1 N–H and O–H groups in total. The van der Waals surface area contributed by atoms with Crippen molar-refractivity contribution >= 4 is 16.7 Å². The van der Waals surface area contributed by atoms with E-state index in [0.29, 0.717) is 21.9 Å². The fourth-order valence-corrected chi connectivity index (χ4v) is 3.72. The lowest BCUT2D eigenvalue weighted by molar-refractivity contribution is 0.0588. The van der Waals surface area contributed by atoms with Gasteiger partial charge in [-0.25, -0.2) is 4.79 Å². The number of pyridine rings is 1. The minimum atomic E-state index is -0.585. The van der Waals surface area contributed by atoms with E-state index in [-0.39, 0.29) is 24.4 Å². The van der Waals surface area contributed by atoms with E-state index < -0.39 is 5.97 Å². The number of carbonyl (C=O) groups excluding carboxylic acids is 1. The number of fused-ring (bicyclic) bond motifs is 1. The lowest BCUT2D eigenvalue weighted by Gasteiger charge is -2.19. The quantitative estimate of drug-likeness (QED) is 0.515. The average molecular weight is 399 g/mol. The van der Waals surface area contributed by atoms with E-state index in [0.717, 1.165) is 11.1 Å². The lowest BCUT2D eigenvalue weighted by atomic mass is 9.95. The topological polar surface area (TPSA) is 68.5 Å². The zero-order valence-electron chi connectivity index (χ0n) is 16.5. The van der Waals surface area contributed by atoms with Crippen LogP contribution >= 0.6 is 0 Å². The van der Waals surface area contributed by atoms with Crippen molar-refractivity contribution in [1.82, 2.24) is 4.57 Å². The Kier molecular flexibility index (Phi) is 5.46. The minimum Gasteiger partial charge on any atom is -0.464 e. The van der Waals surface area contributed by atoms with Crippen LogP contribution in [-0.4, -0.2) is 22.8 Å². The molecule has 0 aliphatic carbocycles. The molecule has 0 radical (unpaired) electrons. The van der Waals surface area contributed by atoms with Gasteiger partial charge >= 0.3 is 5.97 Å². The number of aromatic nitrogens is 1. The first-order valence-electron chi connectivity index (χ1n) is 9.62. The third-order valence-electron chi connectivity index (χ3n) is 5.14. The van der Waals surface area contributed by atoms with Crippen LogP contribution in [0.15, 0.2) is 83.7 Å². The van der Waals surface area contributed by atoms with Crippen molar-refractivity contribution in [2.75, 3.05) is 7.11 Å². The molecule has 0 aliphatic rings. The number of hydrogen-bond acceptors (Lipinski definition) is 4. The van der Waals surface area contributed by atoms with Gasteiger partial charge in [0, 0.05) is 10.9 Å². The van der Waals surface area contributed by atoms with E-state index >= 15 is 0 Å². The summed E-state index contributed by atoms with van der Waals surface area (Å²) in [6, 6.07) is 24.1. The van der Waals surface area contributed by atoms with Gasteiger partial charge in [0.25, 0.3) is 5.56 Å². The van der Waals surface area contributed by atoms with Gasteiger partial charge in [-0.3, -0.25) is 9.36 Å². The number of hydrogen-bond donors (Lipinski definition) is 1. The Labute approximate surface area is 173 Å². The van der Waals surface area contributed by atoms with Crippen molar-refractivity contribution in [2.45, 2.75) is 13.2 Å². The highest BCUT2D eigenvalue weighted by Crippen LogP contribution is 2.32. The Morgan fingerprint density at radius 1 is 0.900 bits per heavy atom. The number of benzene rings is 3. The highest BCUT2D eigenvalue weighted by atomic mass is 16.5. The molecule has 4 rings (SSSR count). The first-order chi connectivity index (χ1) is 14.6. The lowest BCUT2D eigenvalue weighted by Crippen LogP contribution is -2.28. The molecule has 1 aromatic heterocycles. The zero-order chi connectivity index (χ0) is 21.1. The normalized spacial score (nSPS) is 10.9. The van der Waals surface area contributed by atoms with Crippen LogP contribution in [-0.2, 0) is 17.9 Å². The third kappa shape index (κ3) is 3.51. The fraction of sp³-hybridized carbons (Fsp3) is 0.120. The van der Waals surface area contributed by atoms with Crippen molar-refractivity contribution in [3.05, 3.63) is 106 Å². The van der Waals surface area contributed by atoms with E-state index in [1.165, 1.54) is 11.7 Å². The second-order valence-electron chi connectivity index (χ2n) is 7.00. The first kappa shape index (κ1) is 19.6. The highest BCUT2D eigenvalue weighted by molar-refractivity contribution is 6.06. The maximum atomic E-state index is 13.4. The number of carbonyl (C=O) groups is 1. The van der Waals surface area contributed by atoms with E-state index in [2.05, 4.69) is 0 Å². The van der Waals surface area contributed by atoms with E-state index in [4.69, 9.17) is 4.74 Å². The molecule has 0 atom stereocenters. The van der Waals surface area contributed by atoms with E-state index in [1.807, 2.05) is 60.7 Å². The summed E-state index contributed by atoms with van der Waals surface area (Å²) in [4.78, 5) is 26.4. The predicted molar refractivity (Wildman–Crippen MR) is 116 cm³/mol. The van der Waals surface area contributed by atoms with Crippen LogP contribution in [0.25, 0.3) is 21.9 Å². The second kappa shape index (κ2) is 8.35. The summed E-state index contributed by atoms with van der Waals surface area (Å²) in [5.41, 5.74) is 2.88. The number of methoxy groups -OCH3 is 1. The zero-order valence-corrected chi connectivity index (χ0v) is 16.5. The maximum absolute atomic E-state index is 13.4. The van der Waals surface area contributed by atoms with Gasteiger partial charge in [0.05, 0.1) is 20.3 Å². The summed E-state index contributed by atoms with van der Waals surface area (Å²) in [5.74, 6) is -0.585. The highest BCUT2D eigenvalue weighted by Gasteiger charge is 2.24. The maximum Gasteiger partial charge on any atom is 0.355 e. The summed E-state index contributed by atoms with van der Waals surface area (Å²) in [7, 11) is 1.31. The average Bonchev–Trinajstić information content (AvgIpc) is 2.81. The smallest absolute Gasteiger partial charge is 0.355 e. The molecule has 3 aromatic carbocycles. The van der Waals surface area contributed by atoms with Gasteiger partial charge < -0.3 is 9.84 Å². The molecule has 4 aromatic rings. The SMILES string of the molecule is COC(=O)c1c(-c2ccccc2)c2cc(CO)ccc2c(=O)n1Cc1ccccc1. The summed E-state index contributed by atoms with van der Waals surface area (Å²) in [5, 5.41) is 10.7. The molecule has 5 nitrogen and oxygen atoms in total. The third-order valence-corrected chi connectivity index (χ3v) is 5.14. The van der Waals surface area contributed by atoms with E-state index in [1.54, 1.807) is 18.2 Å². The molecule has 0 spiro atoms. The molecule has 5 heteroatoms. The molecule has 0 bridgehead atoms. The van der Waals surface area contributed by atoms with E-state index in [9.17, 15) is 14.7 Å². The molecule has 0 saturated carbocycles. The van der Waals surface area contributed by atoms with Gasteiger partial charge in [0.15, 0.2) is 0 Å². The van der Waals surface area contributed by atoms with Crippen LogP contribution < -0.4 is 5.56 Å². The van der Waals surface area contributed by atoms with Crippen LogP contribution in [0.5, 0.6) is 0 Å². The molecule has 0 amide bonds. The second-order valence-corrected chi connectivity index (χ2v) is 7.00. The minimum absolute atomic E-state index is 0.162. The van der Waals surface area contributed by atoms with Gasteiger partial charge in [0.1, 0.15) is 5.69 Å². The van der Waals surface area contributed by atoms with Gasteiger partial charge in [-0.1, -0.05) is 66.7 Å². The summed E-state index contributed by atoms with van der Waals surface area (Å²) >= 11 is 0. The Morgan fingerprint density at radius 3 is 2.20 bits per heavy atom. The summed E-state index contributed by atoms with van der Waals surface area (Å²) in [6.07, 6.45) is 0. The standard InChI is InChI=1S/C25H21NO4/c1-30-25(29)23-22(19-10-6-3-7-11-19)21-14-18(16-27)12-13-20(21)24(28)26(23)15-17-8-4-2-5-9-17/h2-14,27H,15-16H2,1H3. The summed E-state index contributed by atoms with van der Waals surface area (Å²) < 4.78 is 6.57. The van der Waals surface area contributed by atoms with Gasteiger partial charge in [0.2, 0.25) is 0 Å². The summed E-state index contributed by atoms with van der Waals surface area (Å²) in [6.45, 7) is 0.0759. The van der Waals surface area contributed by atoms with Gasteiger partial charge in [-0.15, -0.1) is 0 Å². The van der Waals surface area contributed by atoms with Crippen LogP contribution in [0.2, 0.25) is 0 Å². The number of nitrogens with zero attached hydrogens (tertiary/aromatic N) is 1. The molecule has 0 aliphatic heterocycles. The number of esters is 1. The molecular weight excluding hydrogens is 378 g/mol. The van der Waals surface area contributed by atoms with Crippen molar-refractivity contribution in [2.24, 2.45) is 0 Å². The van der Waals surface area contributed by atoms with Crippen LogP contribution in [0.1, 0.15) is 21.6 Å². The largest absolute Gasteiger partial charge is 0.464 e. The Morgan fingerprint density at radius 2 is 1.57 bits per heavy atom. The Bertz CT molecular complexity index is 1260. The predicted octanol–water partition coefficient (Wildman–Crippen LogP) is 4.00. The van der Waals surface area contributed by atoms with Crippen LogP contribution in [0.3, 0.4) is 0 Å².